The van der Waals surface area contributed by atoms with Crippen LogP contribution >= 0.6 is 0 Å². The predicted molar refractivity (Wildman–Crippen MR) is 84.6 cm³/mol. The molecule has 0 aliphatic carbocycles. The van der Waals surface area contributed by atoms with E-state index >= 15 is 0 Å². The van der Waals surface area contributed by atoms with Crippen LogP contribution in [-0.2, 0) is 0 Å². The summed E-state index contributed by atoms with van der Waals surface area (Å²) in [5, 5.41) is 3.01. The van der Waals surface area contributed by atoms with Crippen LogP contribution in [-0.4, -0.2) is 26.2 Å². The van der Waals surface area contributed by atoms with Gasteiger partial charge in [0, 0.05) is 18.0 Å². The van der Waals surface area contributed by atoms with Crippen molar-refractivity contribution in [3.05, 3.63) is 59.7 Å². The van der Waals surface area contributed by atoms with Crippen LogP contribution in [0.2, 0.25) is 0 Å². The number of nitrogens with one attached hydrogen (secondary N) is 1. The molecule has 0 saturated carbocycles. The summed E-state index contributed by atoms with van der Waals surface area (Å²) in [5.41, 5.74) is 1.78. The molecule has 0 fully saturated rings. The van der Waals surface area contributed by atoms with Crippen LogP contribution in [0, 0.1) is 0 Å². The van der Waals surface area contributed by atoms with Gasteiger partial charge in [0.05, 0.1) is 13.7 Å². The summed E-state index contributed by atoms with van der Waals surface area (Å²) in [6.07, 6.45) is 0.912. The number of rotatable bonds is 4. The molecule has 1 aliphatic rings. The SMILES string of the molecule is COc1cccc(C(=O)NCC2CCOc3ccccc32)c1. The van der Waals surface area contributed by atoms with E-state index in [1.54, 1.807) is 19.2 Å². The first-order chi connectivity index (χ1) is 10.8. The number of carbonyl (C=O) groups is 1. The molecule has 0 spiro atoms. The van der Waals surface area contributed by atoms with E-state index in [0.717, 1.165) is 12.2 Å². The quantitative estimate of drug-likeness (QED) is 0.943. The summed E-state index contributed by atoms with van der Waals surface area (Å²) in [5.74, 6) is 1.82. The van der Waals surface area contributed by atoms with Gasteiger partial charge in [-0.05, 0) is 36.2 Å². The Labute approximate surface area is 130 Å². The second-order valence-corrected chi connectivity index (χ2v) is 5.31. The Morgan fingerprint density at radius 2 is 2.14 bits per heavy atom. The van der Waals surface area contributed by atoms with E-state index in [-0.39, 0.29) is 5.91 Å². The van der Waals surface area contributed by atoms with Crippen LogP contribution in [0.15, 0.2) is 48.5 Å². The Kier molecular flexibility index (Phi) is 4.28. The second-order valence-electron chi connectivity index (χ2n) is 5.31. The van der Waals surface area contributed by atoms with Crippen molar-refractivity contribution in [2.45, 2.75) is 12.3 Å². The fourth-order valence-corrected chi connectivity index (χ4v) is 2.71. The lowest BCUT2D eigenvalue weighted by molar-refractivity contribution is 0.0948. The largest absolute Gasteiger partial charge is 0.497 e. The number of para-hydroxylation sites is 1. The van der Waals surface area contributed by atoms with E-state index in [0.29, 0.717) is 30.4 Å². The van der Waals surface area contributed by atoms with E-state index in [4.69, 9.17) is 9.47 Å². The Morgan fingerprint density at radius 1 is 1.27 bits per heavy atom. The number of fused-ring (bicyclic) bond motifs is 1. The Balaban J connectivity index is 1.67. The third-order valence-electron chi connectivity index (χ3n) is 3.92. The molecule has 3 rings (SSSR count). The highest BCUT2D eigenvalue weighted by atomic mass is 16.5. The van der Waals surface area contributed by atoms with Crippen molar-refractivity contribution >= 4 is 5.91 Å². The topological polar surface area (TPSA) is 47.6 Å². The van der Waals surface area contributed by atoms with Crippen molar-refractivity contribution in [1.82, 2.24) is 5.32 Å². The minimum absolute atomic E-state index is 0.0807. The van der Waals surface area contributed by atoms with Gasteiger partial charge in [0.1, 0.15) is 11.5 Å². The van der Waals surface area contributed by atoms with Gasteiger partial charge in [-0.3, -0.25) is 4.79 Å². The van der Waals surface area contributed by atoms with Crippen LogP contribution in [0.1, 0.15) is 28.3 Å². The summed E-state index contributed by atoms with van der Waals surface area (Å²) in [7, 11) is 1.59. The zero-order valence-electron chi connectivity index (χ0n) is 12.5. The standard InChI is InChI=1S/C18H19NO3/c1-21-15-6-4-5-13(11-15)18(20)19-12-14-9-10-22-17-8-3-2-7-16(14)17/h2-8,11,14H,9-10,12H2,1H3,(H,19,20). The maximum Gasteiger partial charge on any atom is 0.251 e. The summed E-state index contributed by atoms with van der Waals surface area (Å²) < 4.78 is 10.8. The summed E-state index contributed by atoms with van der Waals surface area (Å²) in [4.78, 5) is 12.3. The maximum absolute atomic E-state index is 12.3. The highest BCUT2D eigenvalue weighted by molar-refractivity contribution is 5.94. The lowest BCUT2D eigenvalue weighted by Crippen LogP contribution is -2.30. The van der Waals surface area contributed by atoms with Crippen LogP contribution in [0.25, 0.3) is 0 Å². The minimum atomic E-state index is -0.0807. The number of hydrogen-bond acceptors (Lipinski definition) is 3. The molecule has 4 heteroatoms. The van der Waals surface area contributed by atoms with Gasteiger partial charge in [-0.15, -0.1) is 0 Å². The third-order valence-corrected chi connectivity index (χ3v) is 3.92. The molecule has 0 saturated heterocycles. The van der Waals surface area contributed by atoms with Gasteiger partial charge in [-0.1, -0.05) is 24.3 Å². The minimum Gasteiger partial charge on any atom is -0.497 e. The number of amides is 1. The molecule has 1 amide bonds. The number of hydrogen-bond donors (Lipinski definition) is 1. The van der Waals surface area contributed by atoms with Crippen molar-refractivity contribution in [3.8, 4) is 11.5 Å². The van der Waals surface area contributed by atoms with Gasteiger partial charge in [-0.2, -0.15) is 0 Å². The monoisotopic (exact) mass is 297 g/mol. The number of ether oxygens (including phenoxy) is 2. The first-order valence-electron chi connectivity index (χ1n) is 7.42. The van der Waals surface area contributed by atoms with Gasteiger partial charge in [-0.25, -0.2) is 0 Å². The molecule has 4 nitrogen and oxygen atoms in total. The van der Waals surface area contributed by atoms with E-state index in [2.05, 4.69) is 11.4 Å². The maximum atomic E-state index is 12.3. The molecule has 1 heterocycles. The van der Waals surface area contributed by atoms with E-state index in [1.165, 1.54) is 5.56 Å². The highest BCUT2D eigenvalue weighted by Gasteiger charge is 2.21. The molecule has 0 bridgehead atoms. The van der Waals surface area contributed by atoms with Crippen LogP contribution in [0.3, 0.4) is 0 Å². The fraction of sp³-hybridized carbons (Fsp3) is 0.278. The average molecular weight is 297 g/mol. The summed E-state index contributed by atoms with van der Waals surface area (Å²) >= 11 is 0. The van der Waals surface area contributed by atoms with Gasteiger partial charge >= 0.3 is 0 Å². The molecule has 1 atom stereocenters. The van der Waals surface area contributed by atoms with Crippen LogP contribution in [0.4, 0.5) is 0 Å². The summed E-state index contributed by atoms with van der Waals surface area (Å²) in [6, 6.07) is 15.2. The van der Waals surface area contributed by atoms with Crippen LogP contribution < -0.4 is 14.8 Å². The molecule has 0 radical (unpaired) electrons. The molecule has 1 N–H and O–H groups in total. The van der Waals surface area contributed by atoms with Crippen molar-refractivity contribution in [3.63, 3.8) is 0 Å². The van der Waals surface area contributed by atoms with Crippen molar-refractivity contribution in [1.29, 1.82) is 0 Å². The molecule has 1 unspecified atom stereocenters. The van der Waals surface area contributed by atoms with Crippen molar-refractivity contribution < 1.29 is 14.3 Å². The van der Waals surface area contributed by atoms with E-state index < -0.39 is 0 Å². The second kappa shape index (κ2) is 6.52. The highest BCUT2D eigenvalue weighted by Crippen LogP contribution is 2.32. The van der Waals surface area contributed by atoms with Crippen LogP contribution in [0.5, 0.6) is 11.5 Å². The smallest absolute Gasteiger partial charge is 0.251 e. The molecule has 1 aliphatic heterocycles. The first-order valence-corrected chi connectivity index (χ1v) is 7.42. The number of benzene rings is 2. The fourth-order valence-electron chi connectivity index (χ4n) is 2.71. The molecule has 114 valence electrons. The van der Waals surface area contributed by atoms with Gasteiger partial charge in [0.25, 0.3) is 5.91 Å². The zero-order valence-corrected chi connectivity index (χ0v) is 12.5. The summed E-state index contributed by atoms with van der Waals surface area (Å²) in [6.45, 7) is 1.30. The molecule has 2 aromatic rings. The molecule has 2 aromatic carbocycles. The zero-order chi connectivity index (χ0) is 15.4. The van der Waals surface area contributed by atoms with E-state index in [1.807, 2.05) is 30.3 Å². The van der Waals surface area contributed by atoms with E-state index in [9.17, 15) is 4.79 Å². The van der Waals surface area contributed by atoms with Gasteiger partial charge in [0.15, 0.2) is 0 Å². The average Bonchev–Trinajstić information content (AvgIpc) is 2.59. The van der Waals surface area contributed by atoms with Crippen molar-refractivity contribution in [2.24, 2.45) is 0 Å². The van der Waals surface area contributed by atoms with Gasteiger partial charge < -0.3 is 14.8 Å². The number of carbonyl (C=O) groups excluding carboxylic acids is 1. The molecule has 22 heavy (non-hydrogen) atoms. The Bertz CT molecular complexity index is 669. The third kappa shape index (κ3) is 3.06. The number of methoxy groups -OCH3 is 1. The molecular formula is C18H19NO3. The van der Waals surface area contributed by atoms with Crippen molar-refractivity contribution in [2.75, 3.05) is 20.3 Å². The van der Waals surface area contributed by atoms with Gasteiger partial charge in [0.2, 0.25) is 0 Å². The molecule has 0 aromatic heterocycles. The predicted octanol–water partition coefficient (Wildman–Crippen LogP) is 2.99. The first kappa shape index (κ1) is 14.4. The Morgan fingerprint density at radius 3 is 3.00 bits per heavy atom. The Hall–Kier alpha value is -2.49. The lowest BCUT2D eigenvalue weighted by atomic mass is 9.93. The molecular weight excluding hydrogens is 278 g/mol. The normalized spacial score (nSPS) is 16.3. The lowest BCUT2D eigenvalue weighted by Gasteiger charge is -2.26.